The van der Waals surface area contributed by atoms with Crippen LogP contribution in [0.5, 0.6) is 0 Å². The molecule has 0 aliphatic heterocycles. The average Bonchev–Trinajstić information content (AvgIpc) is 2.88. The quantitative estimate of drug-likeness (QED) is 0.224. The van der Waals surface area contributed by atoms with Crippen molar-refractivity contribution in [2.75, 3.05) is 17.2 Å². The van der Waals surface area contributed by atoms with Crippen LogP contribution >= 0.6 is 22.6 Å². The highest BCUT2D eigenvalue weighted by molar-refractivity contribution is 14.1. The Bertz CT molecular complexity index is 1800. The van der Waals surface area contributed by atoms with Crippen LogP contribution in [0.3, 0.4) is 0 Å². The molecule has 0 spiro atoms. The number of amides is 1. The fourth-order valence-corrected chi connectivity index (χ4v) is 4.76. The zero-order valence-electron chi connectivity index (χ0n) is 21.2. The number of nitrogens with zero attached hydrogens (tertiary/aromatic N) is 3. The van der Waals surface area contributed by atoms with Gasteiger partial charge >= 0.3 is 5.69 Å². The molecule has 2 aromatic carbocycles. The van der Waals surface area contributed by atoms with Gasteiger partial charge in [0.1, 0.15) is 17.0 Å². The maximum Gasteiger partial charge on any atom is 0.336 e. The highest BCUT2D eigenvalue weighted by Crippen LogP contribution is 2.28. The number of carbonyl (C=O) groups is 1. The summed E-state index contributed by atoms with van der Waals surface area (Å²) in [5, 5.41) is 24.9. The molecule has 0 saturated carbocycles. The zero-order valence-corrected chi connectivity index (χ0v) is 23.3. The van der Waals surface area contributed by atoms with Crippen molar-refractivity contribution in [1.29, 1.82) is 0 Å². The molecule has 2 heterocycles. The Morgan fingerprint density at radius 1 is 1.13 bits per heavy atom. The van der Waals surface area contributed by atoms with Gasteiger partial charge in [-0.25, -0.2) is 9.18 Å². The van der Waals surface area contributed by atoms with Crippen molar-refractivity contribution in [1.82, 2.24) is 13.7 Å². The van der Waals surface area contributed by atoms with Crippen molar-refractivity contribution in [2.24, 2.45) is 7.05 Å². The van der Waals surface area contributed by atoms with Crippen molar-refractivity contribution in [3.05, 3.63) is 88.6 Å². The van der Waals surface area contributed by atoms with E-state index >= 15 is 0 Å². The molecule has 1 atom stereocenters. The van der Waals surface area contributed by atoms with E-state index in [1.54, 1.807) is 24.3 Å². The van der Waals surface area contributed by atoms with Gasteiger partial charge in [-0.15, -0.1) is 0 Å². The molecule has 4 aromatic rings. The fraction of sp³-hybridized carbons (Fsp3) is 0.231. The predicted molar refractivity (Wildman–Crippen MR) is 154 cm³/mol. The first-order valence-electron chi connectivity index (χ1n) is 11.7. The van der Waals surface area contributed by atoms with Crippen LogP contribution in [0.2, 0.25) is 0 Å². The Labute approximate surface area is 234 Å². The summed E-state index contributed by atoms with van der Waals surface area (Å²) in [7, 11) is 1.40. The Kier molecular flexibility index (Phi) is 8.04. The van der Waals surface area contributed by atoms with Gasteiger partial charge in [0, 0.05) is 28.8 Å². The van der Waals surface area contributed by atoms with Crippen LogP contribution in [0.25, 0.3) is 16.6 Å². The predicted octanol–water partition coefficient (Wildman–Crippen LogP) is 1.96. The molecule has 0 saturated heterocycles. The van der Waals surface area contributed by atoms with Crippen molar-refractivity contribution in [3.63, 3.8) is 0 Å². The summed E-state index contributed by atoms with van der Waals surface area (Å²) in [4.78, 5) is 52.5. The molecule has 13 heteroatoms. The number of hydrogen-bond acceptors (Lipinski definition) is 7. The number of aromatic nitrogens is 3. The molecule has 0 aliphatic carbocycles. The van der Waals surface area contributed by atoms with E-state index in [9.17, 15) is 33.8 Å². The lowest BCUT2D eigenvalue weighted by atomic mass is 10.1. The number of hydrogen-bond donors (Lipinski definition) is 4. The van der Waals surface area contributed by atoms with Gasteiger partial charge < -0.3 is 20.8 Å². The van der Waals surface area contributed by atoms with Crippen molar-refractivity contribution < 1.29 is 19.4 Å². The van der Waals surface area contributed by atoms with Gasteiger partial charge in [-0.05, 0) is 65.9 Å². The molecule has 0 radical (unpaired) electrons. The molecule has 39 heavy (non-hydrogen) atoms. The van der Waals surface area contributed by atoms with E-state index < -0.39 is 41.9 Å². The van der Waals surface area contributed by atoms with Gasteiger partial charge in [0.2, 0.25) is 5.91 Å². The lowest BCUT2D eigenvalue weighted by molar-refractivity contribution is -0.114. The van der Waals surface area contributed by atoms with Gasteiger partial charge in [0.05, 0.1) is 36.1 Å². The maximum absolute atomic E-state index is 14.8. The Hall–Kier alpha value is -3.82. The first kappa shape index (κ1) is 28.2. The number of halogens is 2. The van der Waals surface area contributed by atoms with E-state index in [-0.39, 0.29) is 39.6 Å². The highest BCUT2D eigenvalue weighted by atomic mass is 127. The first-order valence-corrected chi connectivity index (χ1v) is 12.8. The van der Waals surface area contributed by atoms with Crippen LogP contribution in [0.1, 0.15) is 12.5 Å². The summed E-state index contributed by atoms with van der Waals surface area (Å²) < 4.78 is 18.5. The number of aliphatic hydroxyl groups excluding tert-OH is 2. The van der Waals surface area contributed by atoms with E-state index in [0.717, 1.165) is 13.7 Å². The minimum atomic E-state index is -1.44. The van der Waals surface area contributed by atoms with Crippen LogP contribution in [0.15, 0.2) is 56.8 Å². The molecule has 204 valence electrons. The number of fused-ring (bicyclic) bond motifs is 1. The average molecular weight is 649 g/mol. The summed E-state index contributed by atoms with van der Waals surface area (Å²) in [6.07, 6.45) is -1.44. The summed E-state index contributed by atoms with van der Waals surface area (Å²) in [5.41, 5.74) is -1.70. The number of anilines is 3. The van der Waals surface area contributed by atoms with Gasteiger partial charge in [-0.3, -0.25) is 28.1 Å². The third-order valence-corrected chi connectivity index (χ3v) is 6.78. The number of pyridine rings is 1. The lowest BCUT2D eigenvalue weighted by Gasteiger charge is -2.21. The summed E-state index contributed by atoms with van der Waals surface area (Å²) >= 11 is 1.95. The minimum absolute atomic E-state index is 0.0117. The number of carbonyl (C=O) groups excluding carboxylic acids is 1. The standard InChI is InChI=1S/C26H25FIN5O6/c1-13-22-21(23(31(3)24(13)37)30-20-8-7-15(28)9-19(20)27)25(38)32(11-18(36)12-34)26(39)33(22)17-6-4-5-16(10-17)29-14(2)35/h4-10,18,30,34,36H,11-12H2,1-3H3,(H,29,35)/t18-/m1/s1. The largest absolute Gasteiger partial charge is 0.394 e. The Morgan fingerprint density at radius 2 is 1.85 bits per heavy atom. The van der Waals surface area contributed by atoms with Crippen LogP contribution in [-0.2, 0) is 18.4 Å². The minimum Gasteiger partial charge on any atom is -0.394 e. The normalized spacial score (nSPS) is 12.0. The van der Waals surface area contributed by atoms with Crippen molar-refractivity contribution >= 4 is 56.6 Å². The number of aryl methyl sites for hydroxylation is 1. The third-order valence-electron chi connectivity index (χ3n) is 6.11. The van der Waals surface area contributed by atoms with Crippen LogP contribution in [-0.4, -0.2) is 42.5 Å². The topological polar surface area (TPSA) is 148 Å². The highest BCUT2D eigenvalue weighted by Gasteiger charge is 2.24. The van der Waals surface area contributed by atoms with Gasteiger partial charge in [-0.1, -0.05) is 6.07 Å². The van der Waals surface area contributed by atoms with Crippen LogP contribution < -0.4 is 27.4 Å². The lowest BCUT2D eigenvalue weighted by Crippen LogP contribution is -2.44. The number of rotatable bonds is 7. The third kappa shape index (κ3) is 5.37. The van der Waals surface area contributed by atoms with Crippen LogP contribution in [0, 0.1) is 16.3 Å². The molecular weight excluding hydrogens is 624 g/mol. The second-order valence-electron chi connectivity index (χ2n) is 8.91. The number of aliphatic hydroxyl groups is 2. The summed E-state index contributed by atoms with van der Waals surface area (Å²) in [6.45, 7) is 1.52. The molecule has 1 amide bonds. The van der Waals surface area contributed by atoms with Gasteiger partial charge in [-0.2, -0.15) is 0 Å². The van der Waals surface area contributed by atoms with Gasteiger partial charge in [0.25, 0.3) is 11.1 Å². The van der Waals surface area contributed by atoms with Crippen molar-refractivity contribution in [2.45, 2.75) is 26.5 Å². The molecular formula is C26H25FIN5O6. The monoisotopic (exact) mass is 649 g/mol. The Balaban J connectivity index is 2.17. The second-order valence-corrected chi connectivity index (χ2v) is 10.2. The SMILES string of the molecule is CC(=O)Nc1cccc(-n2c(=O)n(C[C@@H](O)CO)c(=O)c3c(Nc4ccc(I)cc4F)n(C)c(=O)c(C)c32)c1. The fourth-order valence-electron chi connectivity index (χ4n) is 4.30. The molecule has 4 rings (SSSR count). The molecule has 0 aliphatic rings. The van der Waals surface area contributed by atoms with E-state index in [1.807, 2.05) is 22.6 Å². The molecule has 11 nitrogen and oxygen atoms in total. The zero-order chi connectivity index (χ0) is 28.6. The Morgan fingerprint density at radius 3 is 2.49 bits per heavy atom. The molecule has 0 fully saturated rings. The van der Waals surface area contributed by atoms with E-state index in [0.29, 0.717) is 9.26 Å². The molecule has 0 bridgehead atoms. The number of benzene rings is 2. The number of nitrogens with one attached hydrogen (secondary N) is 2. The molecule has 4 N–H and O–H groups in total. The molecule has 2 aromatic heterocycles. The van der Waals surface area contributed by atoms with Gasteiger partial charge in [0.15, 0.2) is 0 Å². The summed E-state index contributed by atoms with van der Waals surface area (Å²) in [6, 6.07) is 10.6. The van der Waals surface area contributed by atoms with Crippen molar-refractivity contribution in [3.8, 4) is 5.69 Å². The second kappa shape index (κ2) is 11.1. The van der Waals surface area contributed by atoms with E-state index in [4.69, 9.17) is 0 Å². The smallest absolute Gasteiger partial charge is 0.336 e. The van der Waals surface area contributed by atoms with E-state index in [2.05, 4.69) is 10.6 Å². The summed E-state index contributed by atoms with van der Waals surface area (Å²) in [5.74, 6) is -1.06. The maximum atomic E-state index is 14.8. The van der Waals surface area contributed by atoms with Crippen LogP contribution in [0.4, 0.5) is 21.6 Å². The first-order chi connectivity index (χ1) is 18.4. The van der Waals surface area contributed by atoms with E-state index in [1.165, 1.54) is 39.1 Å². The molecule has 0 unspecified atom stereocenters.